The first kappa shape index (κ1) is 8.31. The fraction of sp³-hybridized carbons (Fsp3) is 0.143. The lowest BCUT2D eigenvalue weighted by molar-refractivity contribution is 0.318. The van der Waals surface area contributed by atoms with Crippen molar-refractivity contribution in [3.8, 4) is 5.75 Å². The van der Waals surface area contributed by atoms with Crippen molar-refractivity contribution >= 4 is 23.5 Å². The first-order chi connectivity index (χ1) is 5.08. The van der Waals surface area contributed by atoms with Crippen LogP contribution in [0, 0.1) is 0 Å². The van der Waals surface area contributed by atoms with Gasteiger partial charge in [0, 0.05) is 0 Å². The summed E-state index contributed by atoms with van der Waals surface area (Å²) in [4.78, 5) is 0. The fourth-order valence-corrected chi connectivity index (χ4v) is 0.693. The van der Waals surface area contributed by atoms with E-state index in [1.165, 1.54) is 0 Å². The van der Waals surface area contributed by atoms with Crippen LogP contribution < -0.4 is 4.74 Å². The molecule has 48 valence electrons. The van der Waals surface area contributed by atoms with Gasteiger partial charge >= 0.3 is 0 Å². The zero-order valence-corrected chi connectivity index (χ0v) is 6.03. The van der Waals surface area contributed by atoms with Crippen molar-refractivity contribution in [2.45, 2.75) is 5.30 Å². The molecule has 0 N–H and O–H groups in total. The van der Waals surface area contributed by atoms with Crippen molar-refractivity contribution in [2.24, 2.45) is 0 Å². The highest BCUT2D eigenvalue weighted by Gasteiger charge is 2.09. The molecule has 0 aromatic heterocycles. The van der Waals surface area contributed by atoms with E-state index in [-0.39, 0.29) is 0 Å². The molecule has 0 heterocycles. The van der Waals surface area contributed by atoms with Gasteiger partial charge in [-0.3, -0.25) is 0 Å². The zero-order chi connectivity index (χ0) is 8.32. The highest BCUT2D eigenvalue weighted by molar-refractivity contribution is 6.58. The molecule has 6 radical (unpaired) electrons. The van der Waals surface area contributed by atoms with Gasteiger partial charge in [-0.05, 0) is 17.4 Å². The Labute approximate surface area is 70.4 Å². The van der Waals surface area contributed by atoms with Crippen LogP contribution in [-0.4, -0.2) is 28.8 Å². The van der Waals surface area contributed by atoms with Crippen molar-refractivity contribution < 1.29 is 4.74 Å². The Hall–Kier alpha value is -0.785. The van der Waals surface area contributed by atoms with Gasteiger partial charge in [0.15, 0.2) is 0 Å². The van der Waals surface area contributed by atoms with Gasteiger partial charge in [-0.25, -0.2) is 0 Å². The molecule has 0 unspecified atom stereocenters. The largest absolute Gasteiger partial charge is 0.516 e. The molecule has 0 amide bonds. The van der Waals surface area contributed by atoms with E-state index in [1.807, 2.05) is 6.07 Å². The summed E-state index contributed by atoms with van der Waals surface area (Å²) < 4.78 is 4.94. The maximum atomic E-state index is 5.20. The predicted octanol–water partition coefficient (Wildman–Crippen LogP) is 0.182. The van der Waals surface area contributed by atoms with Crippen LogP contribution in [0.3, 0.4) is 0 Å². The summed E-state index contributed by atoms with van der Waals surface area (Å²) in [7, 11) is 15.6. The minimum absolute atomic E-state index is 0.556. The molecule has 1 nitrogen and oxygen atoms in total. The summed E-state index contributed by atoms with van der Waals surface area (Å²) in [5.41, 5.74) is 0. The summed E-state index contributed by atoms with van der Waals surface area (Å²) >= 11 is 0. The van der Waals surface area contributed by atoms with Gasteiger partial charge in [-0.2, -0.15) is 0 Å². The number of rotatable bonds is 2. The van der Waals surface area contributed by atoms with Crippen molar-refractivity contribution in [1.82, 2.24) is 0 Å². The van der Waals surface area contributed by atoms with Gasteiger partial charge in [-0.1, -0.05) is 18.2 Å². The molecule has 0 saturated carbocycles. The van der Waals surface area contributed by atoms with E-state index in [1.54, 1.807) is 24.3 Å². The van der Waals surface area contributed by atoms with Crippen LogP contribution in [0.2, 0.25) is 0 Å². The molecule has 11 heavy (non-hydrogen) atoms. The Bertz CT molecular complexity index is 217. The standard InChI is InChI=1S/C7H5B3O/c8-7(9,10)11-6-4-2-1-3-5-6/h1-5H. The topological polar surface area (TPSA) is 9.23 Å². The Morgan fingerprint density at radius 1 is 1.00 bits per heavy atom. The van der Waals surface area contributed by atoms with Crippen molar-refractivity contribution in [3.63, 3.8) is 0 Å². The average molecular weight is 138 g/mol. The molecule has 1 aromatic carbocycles. The molecule has 1 rings (SSSR count). The van der Waals surface area contributed by atoms with Gasteiger partial charge in [0.1, 0.15) is 29.3 Å². The number of para-hydroxylation sites is 1. The highest BCUT2D eigenvalue weighted by atomic mass is 16.5. The Morgan fingerprint density at radius 2 is 1.55 bits per heavy atom. The zero-order valence-electron chi connectivity index (χ0n) is 6.03. The third kappa shape index (κ3) is 3.21. The molecular formula is C7H5B3O. The quantitative estimate of drug-likeness (QED) is 0.529. The monoisotopic (exact) mass is 138 g/mol. The van der Waals surface area contributed by atoms with E-state index in [4.69, 9.17) is 28.3 Å². The molecule has 0 atom stereocenters. The molecule has 4 heteroatoms. The summed E-state index contributed by atoms with van der Waals surface area (Å²) in [5.74, 6) is 0.556. The molecule has 0 aliphatic heterocycles. The summed E-state index contributed by atoms with van der Waals surface area (Å²) in [6.07, 6.45) is 0. The molecule has 0 spiro atoms. The van der Waals surface area contributed by atoms with E-state index in [0.717, 1.165) is 0 Å². The number of hydrogen-bond acceptors (Lipinski definition) is 1. The predicted molar refractivity (Wildman–Crippen MR) is 47.1 cm³/mol. The number of hydrogen-bond donors (Lipinski definition) is 0. The minimum atomic E-state index is -1.60. The SMILES string of the molecule is [B]C([B])([B])Oc1ccccc1. The molecule has 0 aliphatic rings. The van der Waals surface area contributed by atoms with Gasteiger partial charge in [0.2, 0.25) is 0 Å². The van der Waals surface area contributed by atoms with E-state index in [0.29, 0.717) is 5.75 Å². The molecule has 0 fully saturated rings. The summed E-state index contributed by atoms with van der Waals surface area (Å²) in [5, 5.41) is -1.60. The van der Waals surface area contributed by atoms with Crippen LogP contribution in [0.15, 0.2) is 30.3 Å². The van der Waals surface area contributed by atoms with Gasteiger partial charge in [-0.15, -0.1) is 0 Å². The third-order valence-corrected chi connectivity index (χ3v) is 1.04. The minimum Gasteiger partial charge on any atom is -0.516 e. The van der Waals surface area contributed by atoms with E-state index < -0.39 is 5.30 Å². The molecule has 0 bridgehead atoms. The highest BCUT2D eigenvalue weighted by Crippen LogP contribution is 2.11. The van der Waals surface area contributed by atoms with E-state index >= 15 is 0 Å². The molecule has 0 saturated heterocycles. The maximum Gasteiger partial charge on any atom is 0.116 e. The van der Waals surface area contributed by atoms with Crippen LogP contribution >= 0.6 is 0 Å². The Balaban J connectivity index is 2.66. The van der Waals surface area contributed by atoms with Crippen LogP contribution in [0.5, 0.6) is 5.75 Å². The second kappa shape index (κ2) is 3.08. The lowest BCUT2D eigenvalue weighted by Gasteiger charge is -2.22. The van der Waals surface area contributed by atoms with Crippen LogP contribution in [0.25, 0.3) is 0 Å². The van der Waals surface area contributed by atoms with Gasteiger partial charge in [0.05, 0.1) is 0 Å². The normalized spacial score (nSPS) is 10.9. The molecular weight excluding hydrogens is 133 g/mol. The second-order valence-corrected chi connectivity index (χ2v) is 2.27. The molecule has 1 aromatic rings. The van der Waals surface area contributed by atoms with E-state index in [2.05, 4.69) is 0 Å². The number of ether oxygens (including phenoxy) is 1. The van der Waals surface area contributed by atoms with E-state index in [9.17, 15) is 0 Å². The van der Waals surface area contributed by atoms with Gasteiger partial charge in [0.25, 0.3) is 0 Å². The van der Waals surface area contributed by atoms with Crippen LogP contribution in [0.1, 0.15) is 0 Å². The van der Waals surface area contributed by atoms with Gasteiger partial charge < -0.3 is 4.74 Å². The average Bonchev–Trinajstić information content (AvgIpc) is 1.85. The lowest BCUT2D eigenvalue weighted by Crippen LogP contribution is -2.37. The third-order valence-electron chi connectivity index (χ3n) is 1.04. The Kier molecular flexibility index (Phi) is 2.33. The summed E-state index contributed by atoms with van der Waals surface area (Å²) in [6.45, 7) is 0. The van der Waals surface area contributed by atoms with Crippen molar-refractivity contribution in [2.75, 3.05) is 0 Å². The van der Waals surface area contributed by atoms with Crippen molar-refractivity contribution in [1.29, 1.82) is 0 Å². The first-order valence-corrected chi connectivity index (χ1v) is 3.18. The summed E-state index contributed by atoms with van der Waals surface area (Å²) in [6, 6.07) is 8.92. The Morgan fingerprint density at radius 3 is 2.00 bits per heavy atom. The molecule has 0 aliphatic carbocycles. The van der Waals surface area contributed by atoms with Crippen LogP contribution in [0.4, 0.5) is 0 Å². The number of benzene rings is 1. The first-order valence-electron chi connectivity index (χ1n) is 3.18. The second-order valence-electron chi connectivity index (χ2n) is 2.27. The lowest BCUT2D eigenvalue weighted by atomic mass is 9.52. The van der Waals surface area contributed by atoms with Crippen molar-refractivity contribution in [3.05, 3.63) is 30.3 Å². The fourth-order valence-electron chi connectivity index (χ4n) is 0.693. The smallest absolute Gasteiger partial charge is 0.116 e. The van der Waals surface area contributed by atoms with Crippen LogP contribution in [-0.2, 0) is 0 Å². The maximum absolute atomic E-state index is 5.20.